The molecule has 1 saturated heterocycles. The van der Waals surface area contributed by atoms with E-state index in [1.807, 2.05) is 0 Å². The minimum atomic E-state index is 0.0131. The molecule has 0 radical (unpaired) electrons. The third kappa shape index (κ3) is 4.36. The predicted octanol–water partition coefficient (Wildman–Crippen LogP) is 1.59. The normalized spacial score (nSPS) is 16.8. The van der Waals surface area contributed by atoms with Gasteiger partial charge in [-0.3, -0.25) is 10.3 Å². The standard InChI is InChI=1S/C16H27N5/c1-16(2,3)21-9-7-20(8-10-21)14-6-4-5-13(11-14)12-19-15(17)18/h4-6,11H,7-10,12H2,1-3H3,(H4,17,18,19). The highest BCUT2D eigenvalue weighted by Crippen LogP contribution is 2.21. The fourth-order valence-electron chi connectivity index (χ4n) is 2.70. The van der Waals surface area contributed by atoms with Crippen LogP contribution in [0.5, 0.6) is 0 Å². The molecule has 21 heavy (non-hydrogen) atoms. The lowest BCUT2D eigenvalue weighted by molar-refractivity contribution is 0.128. The third-order valence-corrected chi connectivity index (χ3v) is 3.99. The van der Waals surface area contributed by atoms with Crippen LogP contribution in [0, 0.1) is 5.41 Å². The molecule has 0 spiro atoms. The van der Waals surface area contributed by atoms with Gasteiger partial charge in [-0.2, -0.15) is 0 Å². The van der Waals surface area contributed by atoms with E-state index in [4.69, 9.17) is 11.1 Å². The molecule has 4 N–H and O–H groups in total. The molecular weight excluding hydrogens is 262 g/mol. The quantitative estimate of drug-likeness (QED) is 0.584. The van der Waals surface area contributed by atoms with Gasteiger partial charge in [0.1, 0.15) is 0 Å². The lowest BCUT2D eigenvalue weighted by Gasteiger charge is -2.43. The van der Waals surface area contributed by atoms with Crippen LogP contribution in [0.3, 0.4) is 0 Å². The summed E-state index contributed by atoms with van der Waals surface area (Å²) in [4.78, 5) is 4.96. The van der Waals surface area contributed by atoms with E-state index in [1.165, 1.54) is 5.69 Å². The Kier molecular flexibility index (Phi) is 4.73. The van der Waals surface area contributed by atoms with Crippen molar-refractivity contribution in [1.82, 2.24) is 10.2 Å². The Labute approximate surface area is 127 Å². The fourth-order valence-corrected chi connectivity index (χ4v) is 2.70. The van der Waals surface area contributed by atoms with E-state index in [0.29, 0.717) is 6.54 Å². The lowest BCUT2D eigenvalue weighted by atomic mass is 10.0. The second-order valence-electron chi connectivity index (χ2n) is 6.58. The Hall–Kier alpha value is -1.75. The van der Waals surface area contributed by atoms with E-state index in [9.17, 15) is 0 Å². The third-order valence-electron chi connectivity index (χ3n) is 3.99. The van der Waals surface area contributed by atoms with E-state index in [-0.39, 0.29) is 11.5 Å². The molecule has 0 aromatic heterocycles. The summed E-state index contributed by atoms with van der Waals surface area (Å²) in [5.41, 5.74) is 7.99. The van der Waals surface area contributed by atoms with Crippen molar-refractivity contribution in [3.8, 4) is 0 Å². The number of guanidine groups is 1. The molecule has 5 nitrogen and oxygen atoms in total. The highest BCUT2D eigenvalue weighted by atomic mass is 15.3. The number of nitrogens with zero attached hydrogens (tertiary/aromatic N) is 2. The number of nitrogens with one attached hydrogen (secondary N) is 2. The maximum absolute atomic E-state index is 7.22. The SMILES string of the molecule is CC(C)(C)N1CCN(c2cccc(CNC(=N)N)c2)CC1. The van der Waals surface area contributed by atoms with Gasteiger partial charge >= 0.3 is 0 Å². The number of anilines is 1. The van der Waals surface area contributed by atoms with Gasteiger partial charge in [0.25, 0.3) is 0 Å². The van der Waals surface area contributed by atoms with Crippen molar-refractivity contribution in [2.75, 3.05) is 31.1 Å². The summed E-state index contributed by atoms with van der Waals surface area (Å²) < 4.78 is 0. The predicted molar refractivity (Wildman–Crippen MR) is 88.7 cm³/mol. The van der Waals surface area contributed by atoms with Crippen molar-refractivity contribution < 1.29 is 0 Å². The van der Waals surface area contributed by atoms with Crippen LogP contribution in [0.1, 0.15) is 26.3 Å². The number of hydrogen-bond donors (Lipinski definition) is 3. The lowest BCUT2D eigenvalue weighted by Crippen LogP contribution is -2.53. The minimum absolute atomic E-state index is 0.0131. The summed E-state index contributed by atoms with van der Waals surface area (Å²) in [6.45, 7) is 11.7. The first-order valence-corrected chi connectivity index (χ1v) is 7.53. The van der Waals surface area contributed by atoms with Gasteiger partial charge < -0.3 is 16.0 Å². The van der Waals surface area contributed by atoms with Gasteiger partial charge in [-0.1, -0.05) is 12.1 Å². The molecule has 0 bridgehead atoms. The summed E-state index contributed by atoms with van der Waals surface area (Å²) in [5.74, 6) is 0.0131. The van der Waals surface area contributed by atoms with Gasteiger partial charge in [0.15, 0.2) is 5.96 Å². The molecule has 2 rings (SSSR count). The minimum Gasteiger partial charge on any atom is -0.370 e. The Morgan fingerprint density at radius 1 is 1.24 bits per heavy atom. The van der Waals surface area contributed by atoms with Crippen molar-refractivity contribution in [3.05, 3.63) is 29.8 Å². The Morgan fingerprint density at radius 2 is 1.90 bits per heavy atom. The van der Waals surface area contributed by atoms with Gasteiger partial charge in [-0.05, 0) is 38.5 Å². The van der Waals surface area contributed by atoms with Crippen LogP contribution in [0.4, 0.5) is 5.69 Å². The van der Waals surface area contributed by atoms with E-state index in [1.54, 1.807) is 0 Å². The smallest absolute Gasteiger partial charge is 0.185 e. The van der Waals surface area contributed by atoms with Crippen molar-refractivity contribution in [1.29, 1.82) is 5.41 Å². The first kappa shape index (κ1) is 15.6. The summed E-state index contributed by atoms with van der Waals surface area (Å²) in [7, 11) is 0. The van der Waals surface area contributed by atoms with Gasteiger partial charge in [0.05, 0.1) is 0 Å². The van der Waals surface area contributed by atoms with Crippen molar-refractivity contribution in [3.63, 3.8) is 0 Å². The zero-order chi connectivity index (χ0) is 15.5. The van der Waals surface area contributed by atoms with Crippen LogP contribution in [0.25, 0.3) is 0 Å². The summed E-state index contributed by atoms with van der Waals surface area (Å²) in [6, 6.07) is 8.47. The molecule has 1 fully saturated rings. The number of hydrogen-bond acceptors (Lipinski definition) is 3. The van der Waals surface area contributed by atoms with Crippen LogP contribution in [-0.4, -0.2) is 42.6 Å². The molecule has 1 aromatic carbocycles. The van der Waals surface area contributed by atoms with Crippen molar-refractivity contribution in [2.24, 2.45) is 5.73 Å². The number of piperazine rings is 1. The topological polar surface area (TPSA) is 68.4 Å². The van der Waals surface area contributed by atoms with Gasteiger partial charge in [0.2, 0.25) is 0 Å². The molecule has 0 unspecified atom stereocenters. The summed E-state index contributed by atoms with van der Waals surface area (Å²) in [6.07, 6.45) is 0. The molecule has 5 heteroatoms. The molecule has 0 saturated carbocycles. The molecule has 1 aliphatic rings. The van der Waals surface area contributed by atoms with E-state index < -0.39 is 0 Å². The van der Waals surface area contributed by atoms with Crippen molar-refractivity contribution >= 4 is 11.6 Å². The first-order valence-electron chi connectivity index (χ1n) is 7.53. The van der Waals surface area contributed by atoms with Crippen LogP contribution in [0.15, 0.2) is 24.3 Å². The summed E-state index contributed by atoms with van der Waals surface area (Å²) >= 11 is 0. The zero-order valence-corrected chi connectivity index (χ0v) is 13.3. The molecule has 0 atom stereocenters. The average molecular weight is 289 g/mol. The van der Waals surface area contributed by atoms with Crippen LogP contribution in [0.2, 0.25) is 0 Å². The monoisotopic (exact) mass is 289 g/mol. The highest BCUT2D eigenvalue weighted by Gasteiger charge is 2.25. The molecule has 1 heterocycles. The zero-order valence-electron chi connectivity index (χ0n) is 13.3. The van der Waals surface area contributed by atoms with Gasteiger partial charge in [-0.15, -0.1) is 0 Å². The van der Waals surface area contributed by atoms with Gasteiger partial charge in [-0.25, -0.2) is 0 Å². The molecule has 1 aromatic rings. The van der Waals surface area contributed by atoms with Crippen LogP contribution >= 0.6 is 0 Å². The van der Waals surface area contributed by atoms with Crippen molar-refractivity contribution in [2.45, 2.75) is 32.9 Å². The van der Waals surface area contributed by atoms with Gasteiger partial charge in [0, 0.05) is 44.0 Å². The molecular formula is C16H27N5. The molecule has 116 valence electrons. The molecule has 0 aliphatic carbocycles. The summed E-state index contributed by atoms with van der Waals surface area (Å²) in [5, 5.41) is 10.1. The number of benzene rings is 1. The second-order valence-corrected chi connectivity index (χ2v) is 6.58. The Morgan fingerprint density at radius 3 is 2.48 bits per heavy atom. The Balaban J connectivity index is 1.97. The second kappa shape index (κ2) is 6.35. The molecule has 0 amide bonds. The maximum Gasteiger partial charge on any atom is 0.185 e. The first-order chi connectivity index (χ1) is 9.86. The van der Waals surface area contributed by atoms with Crippen LogP contribution in [-0.2, 0) is 6.54 Å². The van der Waals surface area contributed by atoms with E-state index in [0.717, 1.165) is 31.7 Å². The fraction of sp³-hybridized carbons (Fsp3) is 0.562. The highest BCUT2D eigenvalue weighted by molar-refractivity contribution is 5.74. The Bertz CT molecular complexity index is 484. The van der Waals surface area contributed by atoms with E-state index >= 15 is 0 Å². The largest absolute Gasteiger partial charge is 0.370 e. The number of rotatable bonds is 3. The average Bonchev–Trinajstić information content (AvgIpc) is 2.45. The van der Waals surface area contributed by atoms with E-state index in [2.05, 4.69) is 60.2 Å². The van der Waals surface area contributed by atoms with Crippen LogP contribution < -0.4 is 16.0 Å². The number of nitrogens with two attached hydrogens (primary N) is 1. The maximum atomic E-state index is 7.22. The molecule has 1 aliphatic heterocycles.